The molecule has 1 N–H and O–H groups in total. The van der Waals surface area contributed by atoms with Crippen molar-refractivity contribution in [3.05, 3.63) is 12.5 Å². The van der Waals surface area contributed by atoms with Crippen molar-refractivity contribution in [1.82, 2.24) is 14.3 Å². The van der Waals surface area contributed by atoms with Crippen LogP contribution in [0.1, 0.15) is 26.2 Å². The number of hydrogen-bond donors (Lipinski definition) is 1. The number of aromatic nitrogens is 2. The maximum atomic E-state index is 12.1. The van der Waals surface area contributed by atoms with E-state index in [9.17, 15) is 8.42 Å². The van der Waals surface area contributed by atoms with Gasteiger partial charge in [0.15, 0.2) is 5.03 Å². The van der Waals surface area contributed by atoms with Gasteiger partial charge in [0, 0.05) is 13.1 Å². The second-order valence-corrected chi connectivity index (χ2v) is 6.13. The van der Waals surface area contributed by atoms with Crippen LogP contribution in [0, 0.1) is 5.92 Å². The molecule has 0 aromatic carbocycles. The highest BCUT2D eigenvalue weighted by Gasteiger charge is 2.32. The second kappa shape index (κ2) is 4.55. The van der Waals surface area contributed by atoms with Crippen molar-refractivity contribution in [3.8, 4) is 0 Å². The molecule has 1 aliphatic heterocycles. The van der Waals surface area contributed by atoms with Gasteiger partial charge in [0.05, 0.1) is 12.5 Å². The molecule has 16 heavy (non-hydrogen) atoms. The van der Waals surface area contributed by atoms with E-state index in [1.165, 1.54) is 12.5 Å². The van der Waals surface area contributed by atoms with Crippen LogP contribution in [0.3, 0.4) is 0 Å². The van der Waals surface area contributed by atoms with Crippen molar-refractivity contribution in [2.45, 2.75) is 31.2 Å². The maximum absolute atomic E-state index is 12.1. The summed E-state index contributed by atoms with van der Waals surface area (Å²) in [6.45, 7) is 3.41. The van der Waals surface area contributed by atoms with Gasteiger partial charge >= 0.3 is 0 Å². The lowest BCUT2D eigenvalue weighted by Gasteiger charge is -2.14. The zero-order valence-corrected chi connectivity index (χ0v) is 10.2. The van der Waals surface area contributed by atoms with Gasteiger partial charge in [-0.2, -0.15) is 4.31 Å². The quantitative estimate of drug-likeness (QED) is 0.864. The summed E-state index contributed by atoms with van der Waals surface area (Å²) < 4.78 is 25.8. The molecule has 1 aromatic rings. The summed E-state index contributed by atoms with van der Waals surface area (Å²) in [5.41, 5.74) is 0. The molecule has 1 saturated heterocycles. The highest BCUT2D eigenvalue weighted by atomic mass is 32.2. The lowest BCUT2D eigenvalue weighted by Crippen LogP contribution is -2.29. The average molecular weight is 243 g/mol. The second-order valence-electron chi connectivity index (χ2n) is 4.22. The molecule has 90 valence electrons. The minimum atomic E-state index is -3.33. The first-order valence-corrected chi connectivity index (χ1v) is 7.07. The summed E-state index contributed by atoms with van der Waals surface area (Å²) in [6, 6.07) is 0. The number of nitrogens with one attached hydrogen (secondary N) is 1. The van der Waals surface area contributed by atoms with Crippen LogP contribution in [-0.4, -0.2) is 35.8 Å². The number of imidazole rings is 1. The predicted molar refractivity (Wildman–Crippen MR) is 60.4 cm³/mol. The number of aromatic amines is 1. The fraction of sp³-hybridized carbons (Fsp3) is 0.700. The van der Waals surface area contributed by atoms with Crippen LogP contribution < -0.4 is 0 Å². The van der Waals surface area contributed by atoms with E-state index in [0.29, 0.717) is 19.0 Å². The average Bonchev–Trinajstić information content (AvgIpc) is 2.88. The van der Waals surface area contributed by atoms with Crippen LogP contribution in [0.2, 0.25) is 0 Å². The van der Waals surface area contributed by atoms with Crippen molar-refractivity contribution in [2.75, 3.05) is 13.1 Å². The SMILES string of the molecule is CCCC1CCN(S(=O)(=O)c2cnc[nH]2)C1. The maximum Gasteiger partial charge on any atom is 0.260 e. The van der Waals surface area contributed by atoms with Crippen LogP contribution in [0.15, 0.2) is 17.6 Å². The Morgan fingerprint density at radius 2 is 2.44 bits per heavy atom. The first-order chi connectivity index (χ1) is 7.64. The monoisotopic (exact) mass is 243 g/mol. The van der Waals surface area contributed by atoms with Gasteiger partial charge in [-0.05, 0) is 18.8 Å². The molecule has 1 atom stereocenters. The summed E-state index contributed by atoms with van der Waals surface area (Å²) in [5, 5.41) is 0.199. The van der Waals surface area contributed by atoms with Crippen LogP contribution in [0.25, 0.3) is 0 Å². The Morgan fingerprint density at radius 1 is 1.62 bits per heavy atom. The molecule has 2 rings (SSSR count). The fourth-order valence-electron chi connectivity index (χ4n) is 2.18. The Bertz CT molecular complexity index is 427. The van der Waals surface area contributed by atoms with E-state index in [1.807, 2.05) is 0 Å². The van der Waals surface area contributed by atoms with Gasteiger partial charge < -0.3 is 4.98 Å². The molecule has 0 spiro atoms. The van der Waals surface area contributed by atoms with E-state index < -0.39 is 10.0 Å². The number of hydrogen-bond acceptors (Lipinski definition) is 3. The van der Waals surface area contributed by atoms with Gasteiger partial charge in [-0.15, -0.1) is 0 Å². The van der Waals surface area contributed by atoms with E-state index in [-0.39, 0.29) is 5.03 Å². The van der Waals surface area contributed by atoms with E-state index in [1.54, 1.807) is 4.31 Å². The van der Waals surface area contributed by atoms with Gasteiger partial charge in [0.1, 0.15) is 0 Å². The van der Waals surface area contributed by atoms with Crippen molar-refractivity contribution in [3.63, 3.8) is 0 Å². The molecule has 1 aliphatic rings. The molecule has 0 radical (unpaired) electrons. The van der Waals surface area contributed by atoms with E-state index in [2.05, 4.69) is 16.9 Å². The number of nitrogens with zero attached hydrogens (tertiary/aromatic N) is 2. The third-order valence-electron chi connectivity index (χ3n) is 3.04. The highest BCUT2D eigenvalue weighted by Crippen LogP contribution is 2.25. The summed E-state index contributed by atoms with van der Waals surface area (Å²) in [4.78, 5) is 6.41. The summed E-state index contributed by atoms with van der Waals surface area (Å²) in [6.07, 6.45) is 5.95. The molecule has 0 aliphatic carbocycles. The van der Waals surface area contributed by atoms with Crippen LogP contribution >= 0.6 is 0 Å². The van der Waals surface area contributed by atoms with E-state index in [0.717, 1.165) is 19.3 Å². The smallest absolute Gasteiger partial charge is 0.260 e. The van der Waals surface area contributed by atoms with Gasteiger partial charge in [-0.3, -0.25) is 0 Å². The molecule has 1 unspecified atom stereocenters. The van der Waals surface area contributed by atoms with E-state index in [4.69, 9.17) is 0 Å². The van der Waals surface area contributed by atoms with Crippen LogP contribution in [0.5, 0.6) is 0 Å². The first kappa shape index (κ1) is 11.6. The molecule has 1 aromatic heterocycles. The Morgan fingerprint density at radius 3 is 3.06 bits per heavy atom. The first-order valence-electron chi connectivity index (χ1n) is 5.63. The topological polar surface area (TPSA) is 66.1 Å². The van der Waals surface area contributed by atoms with Crippen molar-refractivity contribution < 1.29 is 8.42 Å². The number of sulfonamides is 1. The highest BCUT2D eigenvalue weighted by molar-refractivity contribution is 7.89. The molecule has 6 heteroatoms. The molecule has 1 fully saturated rings. The van der Waals surface area contributed by atoms with Crippen LogP contribution in [-0.2, 0) is 10.0 Å². The molecule has 2 heterocycles. The van der Waals surface area contributed by atoms with Crippen molar-refractivity contribution >= 4 is 10.0 Å². The zero-order chi connectivity index (χ0) is 11.6. The molecule has 0 saturated carbocycles. The summed E-state index contributed by atoms with van der Waals surface area (Å²) in [5.74, 6) is 0.516. The third-order valence-corrected chi connectivity index (χ3v) is 4.83. The van der Waals surface area contributed by atoms with Gasteiger partial charge in [-0.1, -0.05) is 13.3 Å². The third kappa shape index (κ3) is 2.12. The lowest BCUT2D eigenvalue weighted by atomic mass is 10.0. The van der Waals surface area contributed by atoms with Gasteiger partial charge in [-0.25, -0.2) is 13.4 Å². The fourth-order valence-corrected chi connectivity index (χ4v) is 3.61. The molecule has 5 nitrogen and oxygen atoms in total. The lowest BCUT2D eigenvalue weighted by molar-refractivity contribution is 0.443. The standard InChI is InChI=1S/C10H17N3O2S/c1-2-3-9-4-5-13(7-9)16(14,15)10-6-11-8-12-10/h6,8-9H,2-5,7H2,1H3,(H,11,12). The summed E-state index contributed by atoms with van der Waals surface area (Å²) in [7, 11) is -3.33. The van der Waals surface area contributed by atoms with E-state index >= 15 is 0 Å². The Labute approximate surface area is 95.9 Å². The zero-order valence-electron chi connectivity index (χ0n) is 9.39. The van der Waals surface area contributed by atoms with Crippen molar-refractivity contribution in [1.29, 1.82) is 0 Å². The summed E-state index contributed by atoms with van der Waals surface area (Å²) >= 11 is 0. The Hall–Kier alpha value is -0.880. The van der Waals surface area contributed by atoms with Crippen molar-refractivity contribution in [2.24, 2.45) is 5.92 Å². The minimum absolute atomic E-state index is 0.199. The van der Waals surface area contributed by atoms with Gasteiger partial charge in [0.25, 0.3) is 10.0 Å². The number of H-pyrrole nitrogens is 1. The molecular formula is C10H17N3O2S. The molecule has 0 amide bonds. The Kier molecular flexibility index (Phi) is 3.30. The predicted octanol–water partition coefficient (Wildman–Crippen LogP) is 1.22. The minimum Gasteiger partial charge on any atom is -0.335 e. The largest absolute Gasteiger partial charge is 0.335 e. The van der Waals surface area contributed by atoms with Gasteiger partial charge in [0.2, 0.25) is 0 Å². The number of rotatable bonds is 4. The normalized spacial score (nSPS) is 22.7. The molecular weight excluding hydrogens is 226 g/mol. The Balaban J connectivity index is 2.10. The van der Waals surface area contributed by atoms with Crippen LogP contribution in [0.4, 0.5) is 0 Å². The molecule has 0 bridgehead atoms.